The Morgan fingerprint density at radius 1 is 1.38 bits per heavy atom. The zero-order valence-corrected chi connectivity index (χ0v) is 9.94. The van der Waals surface area contributed by atoms with Gasteiger partial charge in [0.05, 0.1) is 28.5 Å². The summed E-state index contributed by atoms with van der Waals surface area (Å²) in [5.74, 6) is 5.45. The van der Waals surface area contributed by atoms with Gasteiger partial charge in [0, 0.05) is 0 Å². The minimum Gasteiger partial charge on any atom is -0.322 e. The summed E-state index contributed by atoms with van der Waals surface area (Å²) >= 11 is 0. The molecule has 2 heterocycles. The smallest absolute Gasteiger partial charge is 0.183 e. The van der Waals surface area contributed by atoms with Crippen molar-refractivity contribution in [2.75, 3.05) is 5.43 Å². The standard InChI is InChI=1S/C10H16N6/c1-6-8-7(13-11)5-12-14-9(8)16(15-6)10(2,3)4/h5H,11H2,1-4H3,(H,13,14). The van der Waals surface area contributed by atoms with Crippen LogP contribution in [0.5, 0.6) is 0 Å². The number of hydrogen-bond donors (Lipinski definition) is 2. The highest BCUT2D eigenvalue weighted by Crippen LogP contribution is 2.27. The third-order valence-electron chi connectivity index (χ3n) is 2.44. The molecule has 0 aliphatic carbocycles. The largest absolute Gasteiger partial charge is 0.322 e. The van der Waals surface area contributed by atoms with Crippen LogP contribution < -0.4 is 11.3 Å². The van der Waals surface area contributed by atoms with E-state index < -0.39 is 0 Å². The second kappa shape index (κ2) is 3.41. The van der Waals surface area contributed by atoms with Gasteiger partial charge in [0.1, 0.15) is 0 Å². The molecule has 2 aromatic heterocycles. The number of aryl methyl sites for hydroxylation is 1. The van der Waals surface area contributed by atoms with Gasteiger partial charge in [-0.3, -0.25) is 5.84 Å². The lowest BCUT2D eigenvalue weighted by Gasteiger charge is -2.19. The third-order valence-corrected chi connectivity index (χ3v) is 2.44. The maximum absolute atomic E-state index is 5.45. The fraction of sp³-hybridized carbons (Fsp3) is 0.500. The van der Waals surface area contributed by atoms with E-state index >= 15 is 0 Å². The Morgan fingerprint density at radius 3 is 2.62 bits per heavy atom. The van der Waals surface area contributed by atoms with Gasteiger partial charge in [0.25, 0.3) is 0 Å². The summed E-state index contributed by atoms with van der Waals surface area (Å²) in [5, 5.41) is 13.5. The van der Waals surface area contributed by atoms with Gasteiger partial charge in [-0.2, -0.15) is 10.2 Å². The Balaban J connectivity index is 2.82. The summed E-state index contributed by atoms with van der Waals surface area (Å²) in [7, 11) is 0. The number of aromatic nitrogens is 4. The average Bonchev–Trinajstić information content (AvgIpc) is 2.56. The van der Waals surface area contributed by atoms with E-state index in [9.17, 15) is 0 Å². The van der Waals surface area contributed by atoms with Gasteiger partial charge < -0.3 is 5.43 Å². The third kappa shape index (κ3) is 1.51. The van der Waals surface area contributed by atoms with Crippen molar-refractivity contribution in [1.82, 2.24) is 20.0 Å². The lowest BCUT2D eigenvalue weighted by atomic mass is 10.1. The molecule has 86 valence electrons. The second-order valence-electron chi connectivity index (χ2n) is 4.77. The topological polar surface area (TPSA) is 81.7 Å². The number of hydrazine groups is 1. The van der Waals surface area contributed by atoms with E-state index in [2.05, 4.69) is 41.5 Å². The molecule has 0 saturated carbocycles. The highest BCUT2D eigenvalue weighted by Gasteiger charge is 2.21. The molecule has 2 rings (SSSR count). The van der Waals surface area contributed by atoms with Crippen molar-refractivity contribution in [3.63, 3.8) is 0 Å². The van der Waals surface area contributed by atoms with Crippen LogP contribution in [0.4, 0.5) is 5.69 Å². The molecule has 0 fully saturated rings. The van der Waals surface area contributed by atoms with Crippen LogP contribution in [0.25, 0.3) is 11.0 Å². The average molecular weight is 220 g/mol. The first-order valence-electron chi connectivity index (χ1n) is 5.13. The molecule has 0 bridgehead atoms. The van der Waals surface area contributed by atoms with E-state index in [1.807, 2.05) is 11.6 Å². The number of fused-ring (bicyclic) bond motifs is 1. The quantitative estimate of drug-likeness (QED) is 0.557. The maximum Gasteiger partial charge on any atom is 0.183 e. The van der Waals surface area contributed by atoms with Crippen molar-refractivity contribution in [3.05, 3.63) is 11.9 Å². The molecule has 3 N–H and O–H groups in total. The molecule has 0 aliphatic heterocycles. The molecular formula is C10H16N6. The molecule has 2 aromatic rings. The second-order valence-corrected chi connectivity index (χ2v) is 4.77. The van der Waals surface area contributed by atoms with Crippen molar-refractivity contribution < 1.29 is 0 Å². The molecule has 0 amide bonds. The van der Waals surface area contributed by atoms with Crippen LogP contribution >= 0.6 is 0 Å². The molecule has 0 aromatic carbocycles. The van der Waals surface area contributed by atoms with E-state index in [-0.39, 0.29) is 5.54 Å². The highest BCUT2D eigenvalue weighted by atomic mass is 15.4. The first-order chi connectivity index (χ1) is 7.45. The summed E-state index contributed by atoms with van der Waals surface area (Å²) in [6.07, 6.45) is 1.60. The van der Waals surface area contributed by atoms with Crippen LogP contribution in [0.2, 0.25) is 0 Å². The van der Waals surface area contributed by atoms with Crippen LogP contribution in [0.15, 0.2) is 6.20 Å². The van der Waals surface area contributed by atoms with Gasteiger partial charge in [0.2, 0.25) is 0 Å². The lowest BCUT2D eigenvalue weighted by molar-refractivity contribution is 0.363. The fourth-order valence-corrected chi connectivity index (χ4v) is 1.71. The summed E-state index contributed by atoms with van der Waals surface area (Å²) < 4.78 is 1.87. The Labute approximate surface area is 93.8 Å². The summed E-state index contributed by atoms with van der Waals surface area (Å²) in [6.45, 7) is 8.16. The molecule has 16 heavy (non-hydrogen) atoms. The zero-order valence-electron chi connectivity index (χ0n) is 9.94. The predicted molar refractivity (Wildman–Crippen MR) is 62.9 cm³/mol. The van der Waals surface area contributed by atoms with Crippen molar-refractivity contribution in [3.8, 4) is 0 Å². The molecule has 6 heteroatoms. The SMILES string of the molecule is Cc1nn(C(C)(C)C)c2nncc(NN)c12. The van der Waals surface area contributed by atoms with Crippen LogP contribution in [-0.4, -0.2) is 20.0 Å². The van der Waals surface area contributed by atoms with Crippen molar-refractivity contribution in [2.45, 2.75) is 33.2 Å². The van der Waals surface area contributed by atoms with Crippen molar-refractivity contribution in [2.24, 2.45) is 5.84 Å². The van der Waals surface area contributed by atoms with E-state index in [0.29, 0.717) is 0 Å². The number of hydrogen-bond acceptors (Lipinski definition) is 5. The van der Waals surface area contributed by atoms with Crippen molar-refractivity contribution >= 4 is 16.7 Å². The van der Waals surface area contributed by atoms with Gasteiger partial charge in [-0.1, -0.05) is 0 Å². The van der Waals surface area contributed by atoms with E-state index in [1.165, 1.54) is 0 Å². The van der Waals surface area contributed by atoms with Gasteiger partial charge >= 0.3 is 0 Å². The van der Waals surface area contributed by atoms with Crippen LogP contribution in [0, 0.1) is 6.92 Å². The normalized spacial score (nSPS) is 12.1. The predicted octanol–water partition coefficient (Wildman–Crippen LogP) is 1.18. The molecular weight excluding hydrogens is 204 g/mol. The number of nitrogen functional groups attached to an aromatic ring is 1. The van der Waals surface area contributed by atoms with Crippen molar-refractivity contribution in [1.29, 1.82) is 0 Å². The number of nitrogens with two attached hydrogens (primary N) is 1. The Kier molecular flexibility index (Phi) is 2.31. The fourth-order valence-electron chi connectivity index (χ4n) is 1.71. The van der Waals surface area contributed by atoms with Gasteiger partial charge in [0.15, 0.2) is 5.65 Å². The van der Waals surface area contributed by atoms with Crippen LogP contribution in [-0.2, 0) is 5.54 Å². The monoisotopic (exact) mass is 220 g/mol. The van der Waals surface area contributed by atoms with Gasteiger partial charge in [-0.25, -0.2) is 4.68 Å². The minimum atomic E-state index is -0.131. The number of anilines is 1. The number of rotatable bonds is 1. The number of nitrogens with one attached hydrogen (secondary N) is 1. The lowest BCUT2D eigenvalue weighted by Crippen LogP contribution is -2.23. The highest BCUT2D eigenvalue weighted by molar-refractivity contribution is 5.90. The Hall–Kier alpha value is -1.69. The Morgan fingerprint density at radius 2 is 2.06 bits per heavy atom. The molecule has 0 atom stereocenters. The van der Waals surface area contributed by atoms with Gasteiger partial charge in [-0.05, 0) is 27.7 Å². The molecule has 0 radical (unpaired) electrons. The molecule has 6 nitrogen and oxygen atoms in total. The Bertz CT molecular complexity index is 522. The van der Waals surface area contributed by atoms with E-state index in [0.717, 1.165) is 22.4 Å². The summed E-state index contributed by atoms with van der Waals surface area (Å²) in [6, 6.07) is 0. The molecule has 0 unspecified atom stereocenters. The van der Waals surface area contributed by atoms with Crippen LogP contribution in [0.1, 0.15) is 26.5 Å². The number of nitrogens with zero attached hydrogens (tertiary/aromatic N) is 4. The summed E-state index contributed by atoms with van der Waals surface area (Å²) in [4.78, 5) is 0. The minimum absolute atomic E-state index is 0.131. The molecule has 0 saturated heterocycles. The molecule has 0 spiro atoms. The first-order valence-corrected chi connectivity index (χ1v) is 5.13. The first kappa shape index (κ1) is 10.8. The maximum atomic E-state index is 5.45. The zero-order chi connectivity index (χ0) is 11.9. The van der Waals surface area contributed by atoms with Gasteiger partial charge in [-0.15, -0.1) is 5.10 Å². The van der Waals surface area contributed by atoms with E-state index in [4.69, 9.17) is 5.84 Å². The summed E-state index contributed by atoms with van der Waals surface area (Å²) in [5.41, 5.74) is 4.88. The van der Waals surface area contributed by atoms with E-state index in [1.54, 1.807) is 6.20 Å². The molecule has 0 aliphatic rings. The van der Waals surface area contributed by atoms with Crippen LogP contribution in [0.3, 0.4) is 0 Å².